The Kier molecular flexibility index (Phi) is 3.51. The van der Waals surface area contributed by atoms with Crippen LogP contribution in [0.15, 0.2) is 12.3 Å². The molecule has 0 bridgehead atoms. The number of amides is 1. The highest BCUT2D eigenvalue weighted by Gasteiger charge is 2.23. The zero-order valence-corrected chi connectivity index (χ0v) is 9.83. The lowest BCUT2D eigenvalue weighted by atomic mass is 9.97. The Morgan fingerprint density at radius 1 is 1.56 bits per heavy atom. The van der Waals surface area contributed by atoms with Crippen LogP contribution in [0.4, 0.5) is 0 Å². The molecule has 1 fully saturated rings. The van der Waals surface area contributed by atoms with Crippen LogP contribution in [-0.4, -0.2) is 35.4 Å². The van der Waals surface area contributed by atoms with Crippen LogP contribution in [0.3, 0.4) is 0 Å². The van der Waals surface area contributed by atoms with Crippen molar-refractivity contribution in [2.45, 2.75) is 12.8 Å². The highest BCUT2D eigenvalue weighted by molar-refractivity contribution is 6.30. The van der Waals surface area contributed by atoms with Gasteiger partial charge in [0, 0.05) is 19.3 Å². The number of aromatic amines is 1. The predicted molar refractivity (Wildman–Crippen MR) is 63.5 cm³/mol. The van der Waals surface area contributed by atoms with E-state index in [1.54, 1.807) is 12.3 Å². The van der Waals surface area contributed by atoms with Gasteiger partial charge >= 0.3 is 0 Å². The van der Waals surface area contributed by atoms with Gasteiger partial charge in [0.2, 0.25) is 0 Å². The number of nitrogens with one attached hydrogen (secondary N) is 1. The van der Waals surface area contributed by atoms with Crippen LogP contribution >= 0.6 is 11.6 Å². The first-order valence-electron chi connectivity index (χ1n) is 5.54. The van der Waals surface area contributed by atoms with Gasteiger partial charge in [-0.3, -0.25) is 4.79 Å². The van der Waals surface area contributed by atoms with Crippen molar-refractivity contribution < 1.29 is 4.79 Å². The number of hydrogen-bond donors (Lipinski definition) is 2. The van der Waals surface area contributed by atoms with Gasteiger partial charge in [-0.15, -0.1) is 0 Å². The molecular weight excluding hydrogens is 226 g/mol. The van der Waals surface area contributed by atoms with Gasteiger partial charge in [-0.2, -0.15) is 0 Å². The summed E-state index contributed by atoms with van der Waals surface area (Å²) in [4.78, 5) is 16.7. The van der Waals surface area contributed by atoms with E-state index in [4.69, 9.17) is 17.3 Å². The first kappa shape index (κ1) is 11.5. The van der Waals surface area contributed by atoms with Gasteiger partial charge < -0.3 is 15.6 Å². The number of piperidine rings is 1. The van der Waals surface area contributed by atoms with Crippen LogP contribution in [0.5, 0.6) is 0 Å². The molecule has 0 spiro atoms. The minimum Gasteiger partial charge on any atom is -0.356 e. The maximum absolute atomic E-state index is 12.0. The Bertz CT molecular complexity index is 369. The number of nitrogens with zero attached hydrogens (tertiary/aromatic N) is 1. The Morgan fingerprint density at radius 3 is 2.75 bits per heavy atom. The Hall–Kier alpha value is -1.00. The second-order valence-corrected chi connectivity index (χ2v) is 4.64. The van der Waals surface area contributed by atoms with E-state index >= 15 is 0 Å². The highest BCUT2D eigenvalue weighted by atomic mass is 35.5. The summed E-state index contributed by atoms with van der Waals surface area (Å²) >= 11 is 5.77. The zero-order valence-electron chi connectivity index (χ0n) is 9.08. The van der Waals surface area contributed by atoms with Gasteiger partial charge in [0.25, 0.3) is 5.91 Å². The largest absolute Gasteiger partial charge is 0.356 e. The molecule has 1 aromatic rings. The quantitative estimate of drug-likeness (QED) is 0.824. The fourth-order valence-corrected chi connectivity index (χ4v) is 2.20. The first-order valence-corrected chi connectivity index (χ1v) is 5.91. The summed E-state index contributed by atoms with van der Waals surface area (Å²) in [6.07, 6.45) is 3.62. The van der Waals surface area contributed by atoms with Crippen molar-refractivity contribution in [1.29, 1.82) is 0 Å². The standard InChI is InChI=1S/C11H16ClN3O/c12-9-5-10(14-7-9)11(16)15-3-1-8(6-13)2-4-15/h5,7-8,14H,1-4,6,13H2. The summed E-state index contributed by atoms with van der Waals surface area (Å²) in [5.74, 6) is 0.596. The maximum atomic E-state index is 12.0. The number of rotatable bonds is 2. The number of likely N-dealkylation sites (tertiary alicyclic amines) is 1. The number of halogens is 1. The molecule has 0 unspecified atom stereocenters. The second-order valence-electron chi connectivity index (χ2n) is 4.20. The summed E-state index contributed by atoms with van der Waals surface area (Å²) in [7, 11) is 0. The van der Waals surface area contributed by atoms with Gasteiger partial charge in [0.05, 0.1) is 5.02 Å². The summed E-state index contributed by atoms with van der Waals surface area (Å²) in [5, 5.41) is 0.570. The van der Waals surface area contributed by atoms with E-state index in [9.17, 15) is 4.79 Å². The monoisotopic (exact) mass is 241 g/mol. The molecule has 1 aliphatic heterocycles. The third-order valence-corrected chi connectivity index (χ3v) is 3.33. The average Bonchev–Trinajstić information content (AvgIpc) is 2.75. The average molecular weight is 242 g/mol. The molecule has 0 atom stereocenters. The van der Waals surface area contributed by atoms with Crippen molar-refractivity contribution in [2.75, 3.05) is 19.6 Å². The van der Waals surface area contributed by atoms with Crippen LogP contribution in [0.25, 0.3) is 0 Å². The number of aromatic nitrogens is 1. The van der Waals surface area contributed by atoms with E-state index in [1.807, 2.05) is 4.90 Å². The molecule has 1 saturated heterocycles. The Morgan fingerprint density at radius 2 is 2.25 bits per heavy atom. The molecule has 2 heterocycles. The van der Waals surface area contributed by atoms with Crippen molar-refractivity contribution in [1.82, 2.24) is 9.88 Å². The predicted octanol–water partition coefficient (Wildman–Crippen LogP) is 1.48. The van der Waals surface area contributed by atoms with E-state index in [2.05, 4.69) is 4.98 Å². The summed E-state index contributed by atoms with van der Waals surface area (Å²) in [6.45, 7) is 2.30. The van der Waals surface area contributed by atoms with E-state index in [0.717, 1.165) is 32.5 Å². The molecule has 0 radical (unpaired) electrons. The van der Waals surface area contributed by atoms with Crippen molar-refractivity contribution in [3.05, 3.63) is 23.0 Å². The number of carbonyl (C=O) groups is 1. The topological polar surface area (TPSA) is 62.1 Å². The third-order valence-electron chi connectivity index (χ3n) is 3.11. The molecule has 16 heavy (non-hydrogen) atoms. The minimum atomic E-state index is 0.0300. The van der Waals surface area contributed by atoms with Crippen molar-refractivity contribution in [3.8, 4) is 0 Å². The molecule has 0 aliphatic carbocycles. The molecule has 0 saturated carbocycles. The maximum Gasteiger partial charge on any atom is 0.270 e. The van der Waals surface area contributed by atoms with Crippen molar-refractivity contribution in [3.63, 3.8) is 0 Å². The molecule has 0 aromatic carbocycles. The van der Waals surface area contributed by atoms with Crippen LogP contribution in [-0.2, 0) is 0 Å². The molecule has 88 valence electrons. The fraction of sp³-hybridized carbons (Fsp3) is 0.545. The molecule has 1 aliphatic rings. The van der Waals surface area contributed by atoms with Crippen LogP contribution in [0, 0.1) is 5.92 Å². The molecular formula is C11H16ClN3O. The lowest BCUT2D eigenvalue weighted by molar-refractivity contribution is 0.0688. The van der Waals surface area contributed by atoms with Crippen molar-refractivity contribution in [2.24, 2.45) is 11.7 Å². The smallest absolute Gasteiger partial charge is 0.270 e. The van der Waals surface area contributed by atoms with Crippen LogP contribution in [0.1, 0.15) is 23.3 Å². The lowest BCUT2D eigenvalue weighted by Crippen LogP contribution is -2.40. The third kappa shape index (κ3) is 2.39. The number of H-pyrrole nitrogens is 1. The summed E-state index contributed by atoms with van der Waals surface area (Å²) in [6, 6.07) is 1.67. The SMILES string of the molecule is NCC1CCN(C(=O)c2cc(Cl)c[nH]2)CC1. The minimum absolute atomic E-state index is 0.0300. The molecule has 1 amide bonds. The van der Waals surface area contributed by atoms with Gasteiger partial charge in [-0.25, -0.2) is 0 Å². The highest BCUT2D eigenvalue weighted by Crippen LogP contribution is 2.18. The fourth-order valence-electron chi connectivity index (χ4n) is 2.03. The van der Waals surface area contributed by atoms with Gasteiger partial charge in [0.1, 0.15) is 5.69 Å². The lowest BCUT2D eigenvalue weighted by Gasteiger charge is -2.31. The van der Waals surface area contributed by atoms with Gasteiger partial charge in [-0.1, -0.05) is 11.6 Å². The van der Waals surface area contributed by atoms with Crippen LogP contribution in [0.2, 0.25) is 5.02 Å². The molecule has 4 nitrogen and oxygen atoms in total. The van der Waals surface area contributed by atoms with Crippen molar-refractivity contribution >= 4 is 17.5 Å². The molecule has 3 N–H and O–H groups in total. The summed E-state index contributed by atoms with van der Waals surface area (Å²) < 4.78 is 0. The van der Waals surface area contributed by atoms with E-state index in [-0.39, 0.29) is 5.91 Å². The zero-order chi connectivity index (χ0) is 11.5. The van der Waals surface area contributed by atoms with Gasteiger partial charge in [-0.05, 0) is 31.4 Å². The normalized spacial score (nSPS) is 17.8. The number of hydrogen-bond acceptors (Lipinski definition) is 2. The van der Waals surface area contributed by atoms with E-state index in [1.165, 1.54) is 0 Å². The number of nitrogens with two attached hydrogens (primary N) is 1. The Labute approximate surface area is 99.8 Å². The van der Waals surface area contributed by atoms with Gasteiger partial charge in [0.15, 0.2) is 0 Å². The first-order chi connectivity index (χ1) is 7.70. The molecule has 1 aromatic heterocycles. The van der Waals surface area contributed by atoms with Crippen LogP contribution < -0.4 is 5.73 Å². The van der Waals surface area contributed by atoms with E-state index in [0.29, 0.717) is 16.6 Å². The molecule has 2 rings (SSSR count). The Balaban J connectivity index is 1.96. The summed E-state index contributed by atoms with van der Waals surface area (Å²) in [5.41, 5.74) is 6.18. The van der Waals surface area contributed by atoms with E-state index < -0.39 is 0 Å². The molecule has 5 heteroatoms. The number of carbonyl (C=O) groups excluding carboxylic acids is 1. The second kappa shape index (κ2) is 4.89.